The van der Waals surface area contributed by atoms with Crippen molar-refractivity contribution < 1.29 is 38.1 Å². The van der Waals surface area contributed by atoms with E-state index in [-0.39, 0.29) is 36.6 Å². The standard InChI is InChI=1S/C25H34N2O8/c1-25(2,3)35-24(30)26-12-10-17(11-13-26)14-34-20-9-7-6-8-19(20)27-16-33-15-18(22(28)31-4)21(27)23(29)32-5/h6-9,17H,10-16H2,1-5H3. The zero-order valence-electron chi connectivity index (χ0n) is 21.0. The van der Waals surface area contributed by atoms with Crippen LogP contribution in [0.5, 0.6) is 5.75 Å². The molecular formula is C25H34N2O8. The summed E-state index contributed by atoms with van der Waals surface area (Å²) in [5.41, 5.74) is 0.187. The maximum absolute atomic E-state index is 12.6. The molecule has 0 aromatic heterocycles. The summed E-state index contributed by atoms with van der Waals surface area (Å²) in [4.78, 5) is 40.5. The van der Waals surface area contributed by atoms with E-state index in [0.29, 0.717) is 31.1 Å². The summed E-state index contributed by atoms with van der Waals surface area (Å²) in [5.74, 6) is -0.540. The number of benzene rings is 1. The smallest absolute Gasteiger partial charge is 0.410 e. The van der Waals surface area contributed by atoms with Crippen molar-refractivity contribution in [2.24, 2.45) is 5.92 Å². The van der Waals surface area contributed by atoms with Crippen molar-refractivity contribution >= 4 is 23.7 Å². The lowest BCUT2D eigenvalue weighted by Crippen LogP contribution is -2.42. The van der Waals surface area contributed by atoms with E-state index in [9.17, 15) is 14.4 Å². The number of methoxy groups -OCH3 is 2. The summed E-state index contributed by atoms with van der Waals surface area (Å²) < 4.78 is 27.0. The Labute approximate surface area is 205 Å². The van der Waals surface area contributed by atoms with Crippen LogP contribution in [0.1, 0.15) is 33.6 Å². The number of hydrogen-bond donors (Lipinski definition) is 0. The van der Waals surface area contributed by atoms with Crippen LogP contribution in [0.25, 0.3) is 0 Å². The molecule has 3 rings (SSSR count). The summed E-state index contributed by atoms with van der Waals surface area (Å²) in [6, 6.07) is 7.22. The average Bonchev–Trinajstić information content (AvgIpc) is 2.85. The van der Waals surface area contributed by atoms with Gasteiger partial charge in [0.1, 0.15) is 23.8 Å². The Bertz CT molecular complexity index is 960. The number of anilines is 1. The topological polar surface area (TPSA) is 104 Å². The average molecular weight is 491 g/mol. The maximum Gasteiger partial charge on any atom is 0.410 e. The van der Waals surface area contributed by atoms with Gasteiger partial charge >= 0.3 is 18.0 Å². The van der Waals surface area contributed by atoms with Crippen LogP contribution in [0, 0.1) is 5.92 Å². The molecule has 1 saturated heterocycles. The van der Waals surface area contributed by atoms with Crippen molar-refractivity contribution in [3.8, 4) is 5.75 Å². The zero-order chi connectivity index (χ0) is 25.6. The molecule has 0 unspecified atom stereocenters. The highest BCUT2D eigenvalue weighted by Crippen LogP contribution is 2.34. The Morgan fingerprint density at radius 2 is 1.69 bits per heavy atom. The molecule has 2 heterocycles. The first-order valence-electron chi connectivity index (χ1n) is 11.6. The van der Waals surface area contributed by atoms with Crippen LogP contribution in [-0.2, 0) is 28.5 Å². The van der Waals surface area contributed by atoms with Crippen molar-refractivity contribution in [3.05, 3.63) is 35.5 Å². The van der Waals surface area contributed by atoms with Crippen LogP contribution >= 0.6 is 0 Å². The molecule has 192 valence electrons. The van der Waals surface area contributed by atoms with Crippen molar-refractivity contribution in [2.75, 3.05) is 52.2 Å². The SMILES string of the molecule is COC(=O)C1=C(C(=O)OC)N(c2ccccc2OCC2CCN(C(=O)OC(C)(C)C)CC2)COC1. The summed E-state index contributed by atoms with van der Waals surface area (Å²) in [5, 5.41) is 0. The molecule has 0 bridgehead atoms. The molecule has 2 aliphatic heterocycles. The fraction of sp³-hybridized carbons (Fsp3) is 0.560. The van der Waals surface area contributed by atoms with Gasteiger partial charge in [-0.1, -0.05) is 12.1 Å². The zero-order valence-corrected chi connectivity index (χ0v) is 21.0. The van der Waals surface area contributed by atoms with E-state index >= 15 is 0 Å². The van der Waals surface area contributed by atoms with E-state index < -0.39 is 17.5 Å². The third kappa shape index (κ3) is 6.66. The quantitative estimate of drug-likeness (QED) is 0.439. The van der Waals surface area contributed by atoms with Gasteiger partial charge in [-0.25, -0.2) is 14.4 Å². The molecular weight excluding hydrogens is 456 g/mol. The molecule has 0 aliphatic carbocycles. The van der Waals surface area contributed by atoms with Crippen LogP contribution in [0.15, 0.2) is 35.5 Å². The molecule has 10 heteroatoms. The van der Waals surface area contributed by atoms with Gasteiger partial charge in [-0.15, -0.1) is 0 Å². The molecule has 10 nitrogen and oxygen atoms in total. The number of rotatable bonds is 6. The Balaban J connectivity index is 1.71. The number of carbonyl (C=O) groups excluding carboxylic acids is 3. The third-order valence-corrected chi connectivity index (χ3v) is 5.73. The molecule has 2 aliphatic rings. The van der Waals surface area contributed by atoms with Crippen molar-refractivity contribution in [3.63, 3.8) is 0 Å². The molecule has 0 radical (unpaired) electrons. The van der Waals surface area contributed by atoms with Gasteiger partial charge in [0.2, 0.25) is 0 Å². The predicted molar refractivity (Wildman–Crippen MR) is 127 cm³/mol. The lowest BCUT2D eigenvalue weighted by atomic mass is 9.98. The molecule has 0 atom stereocenters. The number of amides is 1. The number of nitrogens with zero attached hydrogens (tertiary/aromatic N) is 2. The largest absolute Gasteiger partial charge is 0.491 e. The van der Waals surface area contributed by atoms with Gasteiger partial charge < -0.3 is 33.5 Å². The van der Waals surface area contributed by atoms with Gasteiger partial charge in [-0.3, -0.25) is 0 Å². The van der Waals surface area contributed by atoms with Crippen molar-refractivity contribution in [1.29, 1.82) is 0 Å². The van der Waals surface area contributed by atoms with Gasteiger partial charge in [0, 0.05) is 13.1 Å². The van der Waals surface area contributed by atoms with Gasteiger partial charge in [-0.2, -0.15) is 0 Å². The first kappa shape index (κ1) is 26.3. The molecule has 1 amide bonds. The van der Waals surface area contributed by atoms with Crippen LogP contribution in [0.4, 0.5) is 10.5 Å². The van der Waals surface area contributed by atoms with E-state index in [1.54, 1.807) is 21.9 Å². The first-order valence-corrected chi connectivity index (χ1v) is 11.6. The first-order chi connectivity index (χ1) is 16.6. The molecule has 0 saturated carbocycles. The van der Waals surface area contributed by atoms with Crippen LogP contribution in [0.3, 0.4) is 0 Å². The Morgan fingerprint density at radius 3 is 2.31 bits per heavy atom. The molecule has 1 aromatic carbocycles. The van der Waals surface area contributed by atoms with E-state index in [1.807, 2.05) is 32.9 Å². The highest BCUT2D eigenvalue weighted by molar-refractivity contribution is 6.03. The Kier molecular flexibility index (Phi) is 8.61. The number of para-hydroxylation sites is 2. The number of ether oxygens (including phenoxy) is 5. The second-order valence-electron chi connectivity index (χ2n) is 9.41. The Hall–Kier alpha value is -3.27. The van der Waals surface area contributed by atoms with E-state index in [1.165, 1.54) is 14.2 Å². The summed E-state index contributed by atoms with van der Waals surface area (Å²) >= 11 is 0. The third-order valence-electron chi connectivity index (χ3n) is 5.73. The van der Waals surface area contributed by atoms with Crippen LogP contribution < -0.4 is 9.64 Å². The van der Waals surface area contributed by atoms with E-state index in [2.05, 4.69) is 0 Å². The highest BCUT2D eigenvalue weighted by Gasteiger charge is 2.34. The van der Waals surface area contributed by atoms with Crippen LogP contribution in [-0.4, -0.2) is 75.8 Å². The second-order valence-corrected chi connectivity index (χ2v) is 9.41. The minimum absolute atomic E-state index is 0.0412. The summed E-state index contributed by atoms with van der Waals surface area (Å²) in [7, 11) is 2.50. The lowest BCUT2D eigenvalue weighted by Gasteiger charge is -2.34. The number of piperidine rings is 1. The van der Waals surface area contributed by atoms with Gasteiger partial charge in [-0.05, 0) is 51.7 Å². The normalized spacial score (nSPS) is 17.2. The molecule has 0 spiro atoms. The van der Waals surface area contributed by atoms with Crippen LogP contribution in [0.2, 0.25) is 0 Å². The van der Waals surface area contributed by atoms with E-state index in [4.69, 9.17) is 23.7 Å². The number of likely N-dealkylation sites (tertiary alicyclic amines) is 1. The molecule has 1 aromatic rings. The maximum atomic E-state index is 12.6. The van der Waals surface area contributed by atoms with Gasteiger partial charge in [0.25, 0.3) is 0 Å². The summed E-state index contributed by atoms with van der Waals surface area (Å²) in [6.07, 6.45) is 1.28. The van der Waals surface area contributed by atoms with Crippen molar-refractivity contribution in [2.45, 2.75) is 39.2 Å². The van der Waals surface area contributed by atoms with E-state index in [0.717, 1.165) is 12.8 Å². The lowest BCUT2D eigenvalue weighted by molar-refractivity contribution is -0.140. The minimum atomic E-state index is -0.669. The number of esters is 2. The number of carbonyl (C=O) groups is 3. The van der Waals surface area contributed by atoms with Crippen molar-refractivity contribution in [1.82, 2.24) is 4.90 Å². The molecule has 35 heavy (non-hydrogen) atoms. The monoisotopic (exact) mass is 490 g/mol. The highest BCUT2D eigenvalue weighted by atomic mass is 16.6. The van der Waals surface area contributed by atoms with Gasteiger partial charge in [0.15, 0.2) is 0 Å². The fourth-order valence-corrected chi connectivity index (χ4v) is 3.95. The molecule has 1 fully saturated rings. The molecule has 0 N–H and O–H groups in total. The fourth-order valence-electron chi connectivity index (χ4n) is 3.95. The summed E-state index contributed by atoms with van der Waals surface area (Å²) in [6.45, 7) is 7.17. The Morgan fingerprint density at radius 1 is 1.03 bits per heavy atom. The minimum Gasteiger partial charge on any atom is -0.491 e. The van der Waals surface area contributed by atoms with Gasteiger partial charge in [0.05, 0.1) is 38.7 Å². The predicted octanol–water partition coefficient (Wildman–Crippen LogP) is 3.11. The number of hydrogen-bond acceptors (Lipinski definition) is 9. The second kappa shape index (κ2) is 11.4.